The average Bonchev–Trinajstić information content (AvgIpc) is 2.35. The third-order valence-electron chi connectivity index (χ3n) is 2.73. The molecular weight excluding hydrogens is 226 g/mol. The summed E-state index contributed by atoms with van der Waals surface area (Å²) in [5, 5.41) is 0. The van der Waals surface area contributed by atoms with Crippen molar-refractivity contribution in [1.82, 2.24) is 9.97 Å². The van der Waals surface area contributed by atoms with Gasteiger partial charge in [0.15, 0.2) is 0 Å². The van der Waals surface area contributed by atoms with E-state index in [0.29, 0.717) is 18.2 Å². The minimum absolute atomic E-state index is 0.534. The number of ether oxygens (including phenoxy) is 1. The van der Waals surface area contributed by atoms with Gasteiger partial charge in [-0.3, -0.25) is 0 Å². The van der Waals surface area contributed by atoms with Crippen LogP contribution in [0.4, 0.5) is 5.82 Å². The molecule has 4 nitrogen and oxygen atoms in total. The van der Waals surface area contributed by atoms with Crippen LogP contribution in [0.3, 0.4) is 0 Å². The molecule has 1 aromatic carbocycles. The van der Waals surface area contributed by atoms with Gasteiger partial charge < -0.3 is 10.5 Å². The predicted octanol–water partition coefficient (Wildman–Crippen LogP) is 2.74. The Balaban J connectivity index is 2.42. The van der Waals surface area contributed by atoms with Crippen LogP contribution in [0.5, 0.6) is 5.75 Å². The van der Waals surface area contributed by atoms with Gasteiger partial charge in [-0.1, -0.05) is 0 Å². The second-order valence-electron chi connectivity index (χ2n) is 4.09. The number of hydrogen-bond donors (Lipinski definition) is 1. The van der Waals surface area contributed by atoms with E-state index < -0.39 is 0 Å². The fourth-order valence-corrected chi connectivity index (χ4v) is 1.81. The second-order valence-corrected chi connectivity index (χ2v) is 4.09. The number of benzene rings is 1. The molecular formula is C14H17N3O. The van der Waals surface area contributed by atoms with Gasteiger partial charge in [0.1, 0.15) is 17.4 Å². The first-order valence-corrected chi connectivity index (χ1v) is 5.95. The van der Waals surface area contributed by atoms with E-state index in [1.54, 1.807) is 0 Å². The van der Waals surface area contributed by atoms with E-state index in [9.17, 15) is 0 Å². The van der Waals surface area contributed by atoms with Crippen molar-refractivity contribution in [2.45, 2.75) is 20.8 Å². The molecule has 0 aliphatic carbocycles. The Morgan fingerprint density at radius 1 is 1.11 bits per heavy atom. The van der Waals surface area contributed by atoms with Gasteiger partial charge in [0.05, 0.1) is 12.3 Å². The third-order valence-corrected chi connectivity index (χ3v) is 2.73. The quantitative estimate of drug-likeness (QED) is 0.900. The smallest absolute Gasteiger partial charge is 0.130 e. The van der Waals surface area contributed by atoms with Gasteiger partial charge in [-0.2, -0.15) is 0 Å². The zero-order valence-electron chi connectivity index (χ0n) is 10.9. The lowest BCUT2D eigenvalue weighted by molar-refractivity contribution is 0.340. The first kappa shape index (κ1) is 12.4. The van der Waals surface area contributed by atoms with Crippen molar-refractivity contribution in [1.29, 1.82) is 0 Å². The molecule has 18 heavy (non-hydrogen) atoms. The highest BCUT2D eigenvalue weighted by Gasteiger charge is 2.08. The van der Waals surface area contributed by atoms with Gasteiger partial charge in [0.25, 0.3) is 0 Å². The van der Waals surface area contributed by atoms with Crippen LogP contribution in [0.15, 0.2) is 24.3 Å². The van der Waals surface area contributed by atoms with Crippen molar-refractivity contribution in [2.75, 3.05) is 12.3 Å². The molecule has 0 spiro atoms. The van der Waals surface area contributed by atoms with Crippen molar-refractivity contribution in [2.24, 2.45) is 0 Å². The summed E-state index contributed by atoms with van der Waals surface area (Å²) in [5.41, 5.74) is 8.67. The lowest BCUT2D eigenvalue weighted by Crippen LogP contribution is -2.02. The van der Waals surface area contributed by atoms with Gasteiger partial charge in [-0.05, 0) is 45.0 Å². The summed E-state index contributed by atoms with van der Waals surface area (Å²) in [7, 11) is 0. The maximum atomic E-state index is 5.86. The highest BCUT2D eigenvalue weighted by molar-refractivity contribution is 5.67. The Hall–Kier alpha value is -2.10. The van der Waals surface area contributed by atoms with E-state index in [1.807, 2.05) is 45.0 Å². The molecule has 0 fully saturated rings. The van der Waals surface area contributed by atoms with Gasteiger partial charge in [0.2, 0.25) is 0 Å². The molecule has 1 heterocycles. The van der Waals surface area contributed by atoms with Crippen LogP contribution in [-0.2, 0) is 0 Å². The van der Waals surface area contributed by atoms with Crippen molar-refractivity contribution in [3.63, 3.8) is 0 Å². The molecule has 1 aromatic heterocycles. The molecule has 0 unspecified atom stereocenters. The number of aryl methyl sites for hydroxylation is 1. The standard InChI is InChI=1S/C14H17N3O/c1-4-18-12-7-5-11(6-8-12)13-9(2)14(15)17-10(3)16-13/h5-8H,4H2,1-3H3,(H2,15,16,17). The van der Waals surface area contributed by atoms with E-state index in [4.69, 9.17) is 10.5 Å². The van der Waals surface area contributed by atoms with Crippen LogP contribution in [-0.4, -0.2) is 16.6 Å². The topological polar surface area (TPSA) is 61.0 Å². The Kier molecular flexibility index (Phi) is 3.46. The largest absolute Gasteiger partial charge is 0.494 e. The van der Waals surface area contributed by atoms with Crippen molar-refractivity contribution >= 4 is 5.82 Å². The highest BCUT2D eigenvalue weighted by atomic mass is 16.5. The fraction of sp³-hybridized carbons (Fsp3) is 0.286. The lowest BCUT2D eigenvalue weighted by atomic mass is 10.1. The average molecular weight is 243 g/mol. The maximum Gasteiger partial charge on any atom is 0.130 e. The third kappa shape index (κ3) is 2.42. The zero-order chi connectivity index (χ0) is 13.1. The number of aromatic nitrogens is 2. The van der Waals surface area contributed by atoms with Gasteiger partial charge in [-0.25, -0.2) is 9.97 Å². The van der Waals surface area contributed by atoms with E-state index in [2.05, 4.69) is 9.97 Å². The summed E-state index contributed by atoms with van der Waals surface area (Å²) in [5.74, 6) is 2.08. The van der Waals surface area contributed by atoms with Crippen LogP contribution in [0.1, 0.15) is 18.3 Å². The van der Waals surface area contributed by atoms with Gasteiger partial charge >= 0.3 is 0 Å². The molecule has 0 bridgehead atoms. The lowest BCUT2D eigenvalue weighted by Gasteiger charge is -2.09. The van der Waals surface area contributed by atoms with Gasteiger partial charge in [0, 0.05) is 11.1 Å². The Morgan fingerprint density at radius 2 is 1.78 bits per heavy atom. The SMILES string of the molecule is CCOc1ccc(-c2nc(C)nc(N)c2C)cc1. The predicted molar refractivity (Wildman–Crippen MR) is 72.5 cm³/mol. The normalized spacial score (nSPS) is 10.4. The molecule has 0 saturated heterocycles. The summed E-state index contributed by atoms with van der Waals surface area (Å²) in [4.78, 5) is 8.60. The monoisotopic (exact) mass is 243 g/mol. The summed E-state index contributed by atoms with van der Waals surface area (Å²) in [6.45, 7) is 6.40. The van der Waals surface area contributed by atoms with E-state index in [0.717, 1.165) is 22.6 Å². The van der Waals surface area contributed by atoms with E-state index >= 15 is 0 Å². The van der Waals surface area contributed by atoms with Gasteiger partial charge in [-0.15, -0.1) is 0 Å². The van der Waals surface area contributed by atoms with Crippen molar-refractivity contribution in [3.8, 4) is 17.0 Å². The van der Waals surface area contributed by atoms with Crippen molar-refractivity contribution in [3.05, 3.63) is 35.7 Å². The minimum Gasteiger partial charge on any atom is -0.494 e. The summed E-state index contributed by atoms with van der Waals surface area (Å²) < 4.78 is 5.42. The van der Waals surface area contributed by atoms with Crippen LogP contribution >= 0.6 is 0 Å². The highest BCUT2D eigenvalue weighted by Crippen LogP contribution is 2.26. The summed E-state index contributed by atoms with van der Waals surface area (Å²) in [6.07, 6.45) is 0. The van der Waals surface area contributed by atoms with E-state index in [-0.39, 0.29) is 0 Å². The van der Waals surface area contributed by atoms with Crippen LogP contribution < -0.4 is 10.5 Å². The first-order valence-electron chi connectivity index (χ1n) is 5.95. The molecule has 0 saturated carbocycles. The first-order chi connectivity index (χ1) is 8.61. The molecule has 2 aromatic rings. The molecule has 0 aliphatic heterocycles. The number of rotatable bonds is 3. The fourth-order valence-electron chi connectivity index (χ4n) is 1.81. The number of hydrogen-bond acceptors (Lipinski definition) is 4. The van der Waals surface area contributed by atoms with Crippen LogP contribution in [0.2, 0.25) is 0 Å². The molecule has 2 rings (SSSR count). The number of nitrogen functional groups attached to an aromatic ring is 1. The number of anilines is 1. The zero-order valence-corrected chi connectivity index (χ0v) is 10.9. The second kappa shape index (κ2) is 5.04. The van der Waals surface area contributed by atoms with Crippen LogP contribution in [0.25, 0.3) is 11.3 Å². The molecule has 2 N–H and O–H groups in total. The molecule has 4 heteroatoms. The molecule has 0 radical (unpaired) electrons. The van der Waals surface area contributed by atoms with E-state index in [1.165, 1.54) is 0 Å². The van der Waals surface area contributed by atoms with Crippen LogP contribution in [0, 0.1) is 13.8 Å². The Morgan fingerprint density at radius 3 is 2.39 bits per heavy atom. The number of nitrogens with two attached hydrogens (primary N) is 1. The Bertz CT molecular complexity index is 550. The minimum atomic E-state index is 0.534. The summed E-state index contributed by atoms with van der Waals surface area (Å²) in [6, 6.07) is 7.84. The maximum absolute atomic E-state index is 5.86. The Labute approximate surface area is 107 Å². The molecule has 0 aliphatic rings. The molecule has 0 atom stereocenters. The molecule has 0 amide bonds. The molecule has 94 valence electrons. The summed E-state index contributed by atoms with van der Waals surface area (Å²) >= 11 is 0. The number of nitrogens with zero attached hydrogens (tertiary/aromatic N) is 2. The van der Waals surface area contributed by atoms with Crippen molar-refractivity contribution < 1.29 is 4.74 Å².